The molecule has 0 saturated carbocycles. The quantitative estimate of drug-likeness (QED) is 0.605. The molecule has 0 unspecified atom stereocenters. The first-order valence-electron chi connectivity index (χ1n) is 3.97. The molecule has 0 fully saturated rings. The maximum Gasteiger partial charge on any atom is 0.214 e. The Morgan fingerprint density at radius 3 is 2.85 bits per heavy atom. The van der Waals surface area contributed by atoms with E-state index in [9.17, 15) is 10.1 Å². The van der Waals surface area contributed by atoms with Crippen molar-refractivity contribution in [3.05, 3.63) is 44.4 Å². The minimum absolute atomic E-state index is 0.263. The van der Waals surface area contributed by atoms with E-state index in [4.69, 9.17) is 0 Å². The van der Waals surface area contributed by atoms with Crippen LogP contribution in [0.25, 0.3) is 0 Å². The molecule has 4 heteroatoms. The van der Waals surface area contributed by atoms with E-state index < -0.39 is 6.04 Å². The van der Waals surface area contributed by atoms with Crippen molar-refractivity contribution in [1.29, 1.82) is 0 Å². The highest BCUT2D eigenvalue weighted by Crippen LogP contribution is 2.13. The van der Waals surface area contributed by atoms with Crippen molar-refractivity contribution in [2.75, 3.05) is 0 Å². The molecule has 0 bridgehead atoms. The third kappa shape index (κ3) is 3.14. The van der Waals surface area contributed by atoms with Crippen LogP contribution in [0.5, 0.6) is 0 Å². The van der Waals surface area contributed by atoms with Gasteiger partial charge >= 0.3 is 0 Å². The summed E-state index contributed by atoms with van der Waals surface area (Å²) in [6.07, 6.45) is 0.479. The molecular formula is C9H10BrNO2. The van der Waals surface area contributed by atoms with Gasteiger partial charge in [0.15, 0.2) is 0 Å². The summed E-state index contributed by atoms with van der Waals surface area (Å²) >= 11 is 3.32. The second-order valence-electron chi connectivity index (χ2n) is 2.97. The number of hydrogen-bond acceptors (Lipinski definition) is 2. The Bertz CT molecular complexity index is 314. The van der Waals surface area contributed by atoms with Crippen molar-refractivity contribution in [1.82, 2.24) is 0 Å². The van der Waals surface area contributed by atoms with Gasteiger partial charge in [0.1, 0.15) is 0 Å². The summed E-state index contributed by atoms with van der Waals surface area (Å²) in [7, 11) is 0. The third-order valence-electron chi connectivity index (χ3n) is 1.78. The number of hydrogen-bond donors (Lipinski definition) is 0. The van der Waals surface area contributed by atoms with E-state index in [0.29, 0.717) is 6.42 Å². The monoisotopic (exact) mass is 243 g/mol. The van der Waals surface area contributed by atoms with Crippen molar-refractivity contribution in [3.63, 3.8) is 0 Å². The largest absolute Gasteiger partial charge is 0.264 e. The highest BCUT2D eigenvalue weighted by molar-refractivity contribution is 9.10. The summed E-state index contributed by atoms with van der Waals surface area (Å²) in [6, 6.07) is 7.06. The molecule has 0 aliphatic rings. The molecule has 0 spiro atoms. The molecule has 0 aromatic heterocycles. The lowest BCUT2D eigenvalue weighted by Crippen LogP contribution is -2.17. The Hall–Kier alpha value is -0.900. The lowest BCUT2D eigenvalue weighted by Gasteiger charge is -2.03. The summed E-state index contributed by atoms with van der Waals surface area (Å²) in [5.74, 6) is 0. The van der Waals surface area contributed by atoms with E-state index in [1.807, 2.05) is 24.3 Å². The second kappa shape index (κ2) is 4.37. The van der Waals surface area contributed by atoms with Crippen LogP contribution >= 0.6 is 15.9 Å². The van der Waals surface area contributed by atoms with Crippen molar-refractivity contribution in [2.45, 2.75) is 19.4 Å². The molecule has 70 valence electrons. The molecule has 0 aliphatic carbocycles. The van der Waals surface area contributed by atoms with Gasteiger partial charge in [0, 0.05) is 22.7 Å². The van der Waals surface area contributed by atoms with Crippen LogP contribution in [-0.2, 0) is 6.42 Å². The number of benzene rings is 1. The molecule has 0 N–H and O–H groups in total. The van der Waals surface area contributed by atoms with Crippen LogP contribution < -0.4 is 0 Å². The number of halogens is 1. The van der Waals surface area contributed by atoms with Crippen LogP contribution in [0.2, 0.25) is 0 Å². The predicted molar refractivity (Wildman–Crippen MR) is 54.3 cm³/mol. The molecule has 1 aromatic rings. The molecule has 3 nitrogen and oxygen atoms in total. The van der Waals surface area contributed by atoms with E-state index in [-0.39, 0.29) is 4.92 Å². The Morgan fingerprint density at radius 2 is 2.31 bits per heavy atom. The van der Waals surface area contributed by atoms with Gasteiger partial charge in [-0.25, -0.2) is 0 Å². The molecule has 0 radical (unpaired) electrons. The minimum Gasteiger partial charge on any atom is -0.264 e. The van der Waals surface area contributed by atoms with Gasteiger partial charge in [0.2, 0.25) is 6.04 Å². The zero-order valence-electron chi connectivity index (χ0n) is 7.24. The fourth-order valence-corrected chi connectivity index (χ4v) is 1.53. The van der Waals surface area contributed by atoms with Crippen molar-refractivity contribution in [2.24, 2.45) is 0 Å². The van der Waals surface area contributed by atoms with Gasteiger partial charge in [-0.1, -0.05) is 28.1 Å². The predicted octanol–water partition coefficient (Wildman–Crippen LogP) is 2.66. The zero-order valence-corrected chi connectivity index (χ0v) is 8.82. The molecule has 0 aliphatic heterocycles. The van der Waals surface area contributed by atoms with Crippen molar-refractivity contribution >= 4 is 15.9 Å². The van der Waals surface area contributed by atoms with Gasteiger partial charge in [-0.3, -0.25) is 10.1 Å². The molecule has 0 saturated heterocycles. The molecule has 1 aromatic carbocycles. The van der Waals surface area contributed by atoms with Gasteiger partial charge < -0.3 is 0 Å². The molecule has 1 rings (SSSR count). The SMILES string of the molecule is C[C@@H](Cc1cccc(Br)c1)[N+](=O)[O-]. The van der Waals surface area contributed by atoms with E-state index in [0.717, 1.165) is 10.0 Å². The topological polar surface area (TPSA) is 43.1 Å². The molecule has 1 atom stereocenters. The fraction of sp³-hybridized carbons (Fsp3) is 0.333. The van der Waals surface area contributed by atoms with Crippen LogP contribution in [0.15, 0.2) is 28.7 Å². The molecule has 0 amide bonds. The van der Waals surface area contributed by atoms with Crippen LogP contribution in [0, 0.1) is 10.1 Å². The number of nitro groups is 1. The van der Waals surface area contributed by atoms with E-state index in [1.54, 1.807) is 6.92 Å². The van der Waals surface area contributed by atoms with Crippen molar-refractivity contribution < 1.29 is 4.92 Å². The highest BCUT2D eigenvalue weighted by atomic mass is 79.9. The average molecular weight is 244 g/mol. The first kappa shape index (κ1) is 10.2. The van der Waals surface area contributed by atoms with Crippen LogP contribution in [-0.4, -0.2) is 11.0 Å². The standard InChI is InChI=1S/C9H10BrNO2/c1-7(11(12)13)5-8-3-2-4-9(10)6-8/h2-4,6-7H,5H2,1H3/t7-/m0/s1. The molecule has 13 heavy (non-hydrogen) atoms. The summed E-state index contributed by atoms with van der Waals surface area (Å²) in [4.78, 5) is 10.1. The Morgan fingerprint density at radius 1 is 1.62 bits per heavy atom. The van der Waals surface area contributed by atoms with Crippen LogP contribution in [0.1, 0.15) is 12.5 Å². The summed E-state index contributed by atoms with van der Waals surface area (Å²) in [5.41, 5.74) is 0.985. The van der Waals surface area contributed by atoms with Gasteiger partial charge in [0.05, 0.1) is 0 Å². The average Bonchev–Trinajstić information content (AvgIpc) is 2.04. The fourth-order valence-electron chi connectivity index (χ4n) is 1.08. The van der Waals surface area contributed by atoms with E-state index in [2.05, 4.69) is 15.9 Å². The number of nitrogens with zero attached hydrogens (tertiary/aromatic N) is 1. The zero-order chi connectivity index (χ0) is 9.84. The first-order chi connectivity index (χ1) is 6.09. The first-order valence-corrected chi connectivity index (χ1v) is 4.77. The van der Waals surface area contributed by atoms with Crippen LogP contribution in [0.4, 0.5) is 0 Å². The third-order valence-corrected chi connectivity index (χ3v) is 2.27. The van der Waals surface area contributed by atoms with Crippen molar-refractivity contribution in [3.8, 4) is 0 Å². The smallest absolute Gasteiger partial charge is 0.214 e. The number of rotatable bonds is 3. The Balaban J connectivity index is 2.69. The normalized spacial score (nSPS) is 12.5. The minimum atomic E-state index is -0.519. The maximum absolute atomic E-state index is 10.4. The van der Waals surface area contributed by atoms with Gasteiger partial charge in [0.25, 0.3) is 0 Å². The summed E-state index contributed by atoms with van der Waals surface area (Å²) < 4.78 is 0.959. The maximum atomic E-state index is 10.4. The van der Waals surface area contributed by atoms with Crippen LogP contribution in [0.3, 0.4) is 0 Å². The van der Waals surface area contributed by atoms with E-state index >= 15 is 0 Å². The van der Waals surface area contributed by atoms with Gasteiger partial charge in [-0.15, -0.1) is 0 Å². The summed E-state index contributed by atoms with van der Waals surface area (Å²) in [5, 5.41) is 10.4. The lowest BCUT2D eigenvalue weighted by molar-refractivity contribution is -0.517. The second-order valence-corrected chi connectivity index (χ2v) is 3.88. The Kier molecular flexibility index (Phi) is 3.42. The Labute approximate surface area is 85.0 Å². The molecular weight excluding hydrogens is 234 g/mol. The lowest BCUT2D eigenvalue weighted by atomic mass is 10.1. The van der Waals surface area contributed by atoms with E-state index in [1.165, 1.54) is 0 Å². The molecule has 0 heterocycles. The van der Waals surface area contributed by atoms with Gasteiger partial charge in [-0.2, -0.15) is 0 Å². The summed E-state index contributed by atoms with van der Waals surface area (Å²) in [6.45, 7) is 1.61. The van der Waals surface area contributed by atoms with Gasteiger partial charge in [-0.05, 0) is 17.7 Å². The highest BCUT2D eigenvalue weighted by Gasteiger charge is 2.12.